The van der Waals surface area contributed by atoms with Gasteiger partial charge in [-0.3, -0.25) is 9.78 Å². The molecule has 3 aromatic rings. The minimum Gasteiger partial charge on any atom is -0.467 e. The maximum atomic E-state index is 12.1. The van der Waals surface area contributed by atoms with Gasteiger partial charge in [-0.1, -0.05) is 0 Å². The lowest BCUT2D eigenvalue weighted by atomic mass is 10.1. The Labute approximate surface area is 145 Å². The van der Waals surface area contributed by atoms with Gasteiger partial charge in [0, 0.05) is 30.4 Å². The normalized spacial score (nSPS) is 13.7. The lowest BCUT2D eigenvalue weighted by Crippen LogP contribution is -2.31. The number of aromatic amines is 1. The molecule has 3 aromatic heterocycles. The molecule has 0 spiro atoms. The number of carbonyl (C=O) groups excluding carboxylic acids is 1. The van der Waals surface area contributed by atoms with Crippen molar-refractivity contribution in [1.82, 2.24) is 25.3 Å². The second-order valence-corrected chi connectivity index (χ2v) is 6.20. The number of amides is 1. The molecular weight excluding hydrogens is 409 g/mol. The Balaban J connectivity index is 1.98. The van der Waals surface area contributed by atoms with E-state index in [-0.39, 0.29) is 11.9 Å². The zero-order valence-electron chi connectivity index (χ0n) is 12.2. The highest BCUT2D eigenvalue weighted by Gasteiger charge is 2.26. The van der Waals surface area contributed by atoms with Gasteiger partial charge in [0.25, 0.3) is 5.91 Å². The predicted octanol–water partition coefficient (Wildman–Crippen LogP) is 1.92. The molecule has 0 unspecified atom stereocenters. The Morgan fingerprint density at radius 2 is 2.22 bits per heavy atom. The maximum Gasteiger partial charge on any atom is 0.316 e. The van der Waals surface area contributed by atoms with Crippen molar-refractivity contribution < 1.29 is 9.53 Å². The Kier molecular flexibility index (Phi) is 3.40. The first-order valence-electron chi connectivity index (χ1n) is 7.03. The lowest BCUT2D eigenvalue weighted by molar-refractivity contribution is 0.0945. The van der Waals surface area contributed by atoms with Crippen molar-refractivity contribution in [3.63, 3.8) is 0 Å². The van der Waals surface area contributed by atoms with Crippen LogP contribution in [0.3, 0.4) is 0 Å². The van der Waals surface area contributed by atoms with Crippen molar-refractivity contribution in [2.75, 3.05) is 13.7 Å². The van der Waals surface area contributed by atoms with E-state index in [2.05, 4.69) is 47.8 Å². The molecule has 23 heavy (non-hydrogen) atoms. The highest BCUT2D eigenvalue weighted by Crippen LogP contribution is 2.34. The smallest absolute Gasteiger partial charge is 0.316 e. The topological polar surface area (TPSA) is 92.8 Å². The van der Waals surface area contributed by atoms with Crippen molar-refractivity contribution in [2.24, 2.45) is 0 Å². The summed E-state index contributed by atoms with van der Waals surface area (Å²) in [6, 6.07) is 2.17. The molecule has 0 atom stereocenters. The molecule has 0 saturated heterocycles. The van der Waals surface area contributed by atoms with Gasteiger partial charge in [0.05, 0.1) is 28.1 Å². The molecule has 4 heterocycles. The molecule has 0 aliphatic carbocycles. The monoisotopic (exact) mass is 421 g/mol. The molecule has 0 bridgehead atoms. The summed E-state index contributed by atoms with van der Waals surface area (Å²) in [7, 11) is 1.53. The third kappa shape index (κ3) is 2.24. The molecule has 0 aromatic carbocycles. The summed E-state index contributed by atoms with van der Waals surface area (Å²) in [6.07, 6.45) is 4.13. The summed E-state index contributed by atoms with van der Waals surface area (Å²) in [4.78, 5) is 28.3. The fourth-order valence-corrected chi connectivity index (χ4v) is 3.74. The number of H-pyrrole nitrogens is 1. The van der Waals surface area contributed by atoms with Crippen LogP contribution in [0.2, 0.25) is 0 Å². The van der Waals surface area contributed by atoms with Crippen LogP contribution in [-0.2, 0) is 6.42 Å². The van der Waals surface area contributed by atoms with E-state index in [4.69, 9.17) is 4.74 Å². The van der Waals surface area contributed by atoms with Crippen LogP contribution in [-0.4, -0.2) is 39.5 Å². The number of fused-ring (bicyclic) bond motifs is 2. The van der Waals surface area contributed by atoms with E-state index in [1.165, 1.54) is 7.11 Å². The second-order valence-electron chi connectivity index (χ2n) is 5.12. The quantitative estimate of drug-likeness (QED) is 0.617. The summed E-state index contributed by atoms with van der Waals surface area (Å²) >= 11 is 2.20. The number of pyridine rings is 1. The Morgan fingerprint density at radius 1 is 1.35 bits per heavy atom. The number of carbonyl (C=O) groups is 1. The molecule has 1 aliphatic heterocycles. The molecule has 4 rings (SSSR count). The van der Waals surface area contributed by atoms with Crippen molar-refractivity contribution in [1.29, 1.82) is 0 Å². The van der Waals surface area contributed by atoms with Gasteiger partial charge in [-0.05, 0) is 28.7 Å². The number of ether oxygens (including phenoxy) is 1. The Morgan fingerprint density at radius 3 is 3.00 bits per heavy atom. The third-order valence-corrected chi connectivity index (χ3v) is 4.89. The van der Waals surface area contributed by atoms with E-state index in [0.29, 0.717) is 17.6 Å². The Bertz CT molecular complexity index is 937. The third-order valence-electron chi connectivity index (χ3n) is 3.81. The van der Waals surface area contributed by atoms with Gasteiger partial charge in [-0.25, -0.2) is 4.98 Å². The van der Waals surface area contributed by atoms with Gasteiger partial charge in [-0.2, -0.15) is 4.98 Å². The van der Waals surface area contributed by atoms with Crippen LogP contribution in [0.1, 0.15) is 16.1 Å². The fourth-order valence-electron chi connectivity index (χ4n) is 2.75. The first kappa shape index (κ1) is 14.4. The van der Waals surface area contributed by atoms with Crippen LogP contribution in [0.25, 0.3) is 22.3 Å². The van der Waals surface area contributed by atoms with E-state index in [9.17, 15) is 4.79 Å². The highest BCUT2D eigenvalue weighted by atomic mass is 127. The van der Waals surface area contributed by atoms with Crippen molar-refractivity contribution >= 4 is 39.5 Å². The van der Waals surface area contributed by atoms with Crippen molar-refractivity contribution in [3.8, 4) is 17.3 Å². The second kappa shape index (κ2) is 5.44. The highest BCUT2D eigenvalue weighted by molar-refractivity contribution is 14.1. The number of halogens is 1. The summed E-state index contributed by atoms with van der Waals surface area (Å²) in [5.74, 6) is -0.0382. The van der Waals surface area contributed by atoms with Gasteiger partial charge in [0.1, 0.15) is 11.0 Å². The first-order valence-corrected chi connectivity index (χ1v) is 8.11. The van der Waals surface area contributed by atoms with Gasteiger partial charge >= 0.3 is 6.01 Å². The van der Waals surface area contributed by atoms with Gasteiger partial charge in [0.15, 0.2) is 0 Å². The summed E-state index contributed by atoms with van der Waals surface area (Å²) in [6.45, 7) is 0.648. The molecule has 2 N–H and O–H groups in total. The maximum absolute atomic E-state index is 12.1. The van der Waals surface area contributed by atoms with Crippen LogP contribution in [0, 0.1) is 3.57 Å². The van der Waals surface area contributed by atoms with Crippen LogP contribution >= 0.6 is 22.6 Å². The predicted molar refractivity (Wildman–Crippen MR) is 92.4 cm³/mol. The van der Waals surface area contributed by atoms with E-state index in [0.717, 1.165) is 32.5 Å². The van der Waals surface area contributed by atoms with Crippen LogP contribution < -0.4 is 10.1 Å². The molecule has 8 heteroatoms. The number of aromatic nitrogens is 4. The van der Waals surface area contributed by atoms with Crippen LogP contribution in [0.4, 0.5) is 0 Å². The summed E-state index contributed by atoms with van der Waals surface area (Å²) < 4.78 is 6.00. The molecule has 1 amide bonds. The zero-order chi connectivity index (χ0) is 16.0. The number of hydrogen-bond donors (Lipinski definition) is 2. The largest absolute Gasteiger partial charge is 0.467 e. The lowest BCUT2D eigenvalue weighted by Gasteiger charge is -2.11. The molecule has 116 valence electrons. The van der Waals surface area contributed by atoms with E-state index in [1.54, 1.807) is 12.4 Å². The van der Waals surface area contributed by atoms with Gasteiger partial charge < -0.3 is 15.0 Å². The molecule has 1 aliphatic rings. The summed E-state index contributed by atoms with van der Waals surface area (Å²) in [5.41, 5.74) is 4.80. The first-order chi connectivity index (χ1) is 11.2. The number of hydrogen-bond acceptors (Lipinski definition) is 5. The Hall–Kier alpha value is -2.23. The molecule has 0 radical (unpaired) electrons. The minimum absolute atomic E-state index is 0.0382. The fraction of sp³-hybridized carbons (Fsp3) is 0.200. The van der Waals surface area contributed by atoms with Crippen molar-refractivity contribution in [2.45, 2.75) is 6.42 Å². The molecule has 0 fully saturated rings. The number of nitrogens with zero attached hydrogens (tertiary/aromatic N) is 3. The number of methoxy groups -OCH3 is 1. The standard InChI is InChI=1S/C15H12IN5O2/c1-23-15-19-6-9-12(21-15)7(2-4-17-9)13-11(16)10-8(20-13)3-5-18-14(10)22/h2,4,6,20H,3,5H2,1H3,(H,18,22). The van der Waals surface area contributed by atoms with Gasteiger partial charge in [-0.15, -0.1) is 0 Å². The molecule has 7 nitrogen and oxygen atoms in total. The molecular formula is C15H12IN5O2. The molecule has 0 saturated carbocycles. The minimum atomic E-state index is -0.0382. The van der Waals surface area contributed by atoms with E-state index in [1.807, 2.05) is 6.07 Å². The van der Waals surface area contributed by atoms with Crippen molar-refractivity contribution in [3.05, 3.63) is 33.3 Å². The van der Waals surface area contributed by atoms with Crippen LogP contribution in [0.15, 0.2) is 18.5 Å². The number of rotatable bonds is 2. The zero-order valence-corrected chi connectivity index (χ0v) is 14.3. The average molecular weight is 421 g/mol. The van der Waals surface area contributed by atoms with Gasteiger partial charge in [0.2, 0.25) is 0 Å². The SMILES string of the molecule is COc1ncc2nccc(-c3[nH]c4c(c3I)C(=O)NCC4)c2n1. The van der Waals surface area contributed by atoms with E-state index >= 15 is 0 Å². The number of nitrogens with one attached hydrogen (secondary N) is 2. The average Bonchev–Trinajstić information content (AvgIpc) is 2.92. The van der Waals surface area contributed by atoms with Crippen LogP contribution in [0.5, 0.6) is 6.01 Å². The summed E-state index contributed by atoms with van der Waals surface area (Å²) in [5, 5.41) is 2.88. The van der Waals surface area contributed by atoms with E-state index < -0.39 is 0 Å².